The minimum absolute atomic E-state index is 0.127. The summed E-state index contributed by atoms with van der Waals surface area (Å²) in [6.07, 6.45) is 2.32. The Bertz CT molecular complexity index is 1190. The zero-order valence-electron chi connectivity index (χ0n) is 17.5. The van der Waals surface area contributed by atoms with Crippen LogP contribution in [0.25, 0.3) is 0 Å². The summed E-state index contributed by atoms with van der Waals surface area (Å²) in [7, 11) is -3.60. The fourth-order valence-electron chi connectivity index (χ4n) is 3.62. The molecule has 10 heteroatoms. The molecule has 1 aromatic heterocycles. The van der Waals surface area contributed by atoms with E-state index in [1.54, 1.807) is 12.1 Å². The number of benzene rings is 2. The number of nitrogens with one attached hydrogen (secondary N) is 1. The van der Waals surface area contributed by atoms with Gasteiger partial charge in [0.2, 0.25) is 15.0 Å². The molecule has 2 aromatic carbocycles. The van der Waals surface area contributed by atoms with E-state index in [0.717, 1.165) is 29.7 Å². The molecule has 1 amide bonds. The van der Waals surface area contributed by atoms with Crippen LogP contribution in [-0.2, 0) is 16.4 Å². The number of amides is 1. The van der Waals surface area contributed by atoms with Crippen molar-refractivity contribution in [3.05, 3.63) is 69.9 Å². The van der Waals surface area contributed by atoms with Crippen molar-refractivity contribution in [1.29, 1.82) is 0 Å². The molecular formula is C22H23FN4O3S2. The molecule has 0 unspecified atom stereocenters. The number of halogens is 1. The van der Waals surface area contributed by atoms with Gasteiger partial charge in [-0.1, -0.05) is 30.4 Å². The number of rotatable bonds is 6. The molecule has 1 fully saturated rings. The number of sulfonamides is 1. The quantitative estimate of drug-likeness (QED) is 0.582. The summed E-state index contributed by atoms with van der Waals surface area (Å²) in [5, 5.41) is 11.6. The summed E-state index contributed by atoms with van der Waals surface area (Å²) < 4.78 is 40.7. The van der Waals surface area contributed by atoms with Gasteiger partial charge in [0, 0.05) is 24.7 Å². The molecule has 0 aliphatic carbocycles. The van der Waals surface area contributed by atoms with Gasteiger partial charge in [-0.3, -0.25) is 4.79 Å². The maximum absolute atomic E-state index is 13.1. The molecule has 168 valence electrons. The van der Waals surface area contributed by atoms with E-state index in [9.17, 15) is 17.6 Å². The van der Waals surface area contributed by atoms with Crippen LogP contribution in [0.4, 0.5) is 10.1 Å². The molecule has 3 aromatic rings. The normalized spacial score (nSPS) is 17.2. The molecule has 7 nitrogen and oxygen atoms in total. The largest absolute Gasteiger partial charge is 0.320 e. The Balaban J connectivity index is 1.46. The Kier molecular flexibility index (Phi) is 6.63. The molecule has 0 saturated carbocycles. The summed E-state index contributed by atoms with van der Waals surface area (Å²) in [5.74, 6) is -0.950. The Morgan fingerprint density at radius 1 is 1.16 bits per heavy atom. The summed E-state index contributed by atoms with van der Waals surface area (Å²) in [6, 6.07) is 12.4. The number of carbonyl (C=O) groups excluding carboxylic acids is 1. The second kappa shape index (κ2) is 9.43. The van der Waals surface area contributed by atoms with Crippen LogP contribution >= 0.6 is 11.3 Å². The summed E-state index contributed by atoms with van der Waals surface area (Å²) in [4.78, 5) is 12.7. The maximum atomic E-state index is 13.1. The van der Waals surface area contributed by atoms with E-state index in [2.05, 4.69) is 15.5 Å². The van der Waals surface area contributed by atoms with Gasteiger partial charge >= 0.3 is 0 Å². The summed E-state index contributed by atoms with van der Waals surface area (Å²) in [5.41, 5.74) is 1.54. The topological polar surface area (TPSA) is 92.3 Å². The highest BCUT2D eigenvalue weighted by Crippen LogP contribution is 2.32. The van der Waals surface area contributed by atoms with Crippen LogP contribution in [0.15, 0.2) is 53.4 Å². The van der Waals surface area contributed by atoms with Gasteiger partial charge in [0.15, 0.2) is 0 Å². The lowest BCUT2D eigenvalue weighted by molar-refractivity contribution is 0.102. The first-order valence-corrected chi connectivity index (χ1v) is 12.6. The van der Waals surface area contributed by atoms with Crippen LogP contribution in [0.3, 0.4) is 0 Å². The van der Waals surface area contributed by atoms with Crippen LogP contribution in [0.5, 0.6) is 0 Å². The summed E-state index contributed by atoms with van der Waals surface area (Å²) >= 11 is 1.15. The zero-order valence-corrected chi connectivity index (χ0v) is 19.1. The fourth-order valence-corrected chi connectivity index (χ4v) is 6.01. The molecule has 4 rings (SSSR count). The van der Waals surface area contributed by atoms with Crippen LogP contribution in [0.1, 0.15) is 46.1 Å². The fraction of sp³-hybridized carbons (Fsp3) is 0.318. The number of hydrogen-bond acceptors (Lipinski definition) is 6. The predicted octanol–water partition coefficient (Wildman–Crippen LogP) is 4.06. The van der Waals surface area contributed by atoms with Gasteiger partial charge in [-0.25, -0.2) is 12.8 Å². The molecule has 32 heavy (non-hydrogen) atoms. The first-order chi connectivity index (χ1) is 15.4. The average Bonchev–Trinajstić information content (AvgIpc) is 3.31. The molecule has 0 bridgehead atoms. The van der Waals surface area contributed by atoms with Gasteiger partial charge < -0.3 is 5.32 Å². The Hall–Kier alpha value is -2.69. The minimum atomic E-state index is -3.60. The van der Waals surface area contributed by atoms with Crippen molar-refractivity contribution in [1.82, 2.24) is 14.5 Å². The average molecular weight is 475 g/mol. The highest BCUT2D eigenvalue weighted by molar-refractivity contribution is 7.89. The van der Waals surface area contributed by atoms with Gasteiger partial charge in [0.05, 0.1) is 4.90 Å². The Morgan fingerprint density at radius 2 is 1.88 bits per heavy atom. The second-order valence-corrected chi connectivity index (χ2v) is 10.6. The van der Waals surface area contributed by atoms with Crippen LogP contribution < -0.4 is 5.32 Å². The van der Waals surface area contributed by atoms with E-state index in [0.29, 0.717) is 30.2 Å². The van der Waals surface area contributed by atoms with Crippen molar-refractivity contribution in [2.24, 2.45) is 0 Å². The van der Waals surface area contributed by atoms with Gasteiger partial charge in [-0.05, 0) is 61.2 Å². The lowest BCUT2D eigenvalue weighted by atomic mass is 10.0. The summed E-state index contributed by atoms with van der Waals surface area (Å²) in [6.45, 7) is 2.77. The highest BCUT2D eigenvalue weighted by Gasteiger charge is 2.32. The number of piperidine rings is 1. The molecule has 0 spiro atoms. The molecule has 0 radical (unpaired) electrons. The third-order valence-electron chi connectivity index (χ3n) is 5.44. The van der Waals surface area contributed by atoms with E-state index in [4.69, 9.17) is 0 Å². The smallest absolute Gasteiger partial charge is 0.286 e. The molecule has 2 heterocycles. The number of aryl methyl sites for hydroxylation is 1. The van der Waals surface area contributed by atoms with Crippen molar-refractivity contribution < 1.29 is 17.6 Å². The Labute approximate surface area is 190 Å². The molecule has 1 saturated heterocycles. The maximum Gasteiger partial charge on any atom is 0.286 e. The van der Waals surface area contributed by atoms with Crippen LogP contribution in [-0.4, -0.2) is 41.9 Å². The van der Waals surface area contributed by atoms with Crippen LogP contribution in [0, 0.1) is 5.82 Å². The van der Waals surface area contributed by atoms with Crippen molar-refractivity contribution in [3.63, 3.8) is 0 Å². The van der Waals surface area contributed by atoms with E-state index < -0.39 is 15.9 Å². The van der Waals surface area contributed by atoms with E-state index in [1.165, 1.54) is 28.6 Å². The van der Waals surface area contributed by atoms with Crippen molar-refractivity contribution in [2.75, 3.05) is 18.4 Å². The lowest BCUT2D eigenvalue weighted by Crippen LogP contribution is -2.39. The standard InChI is InChI=1S/C22H23FN4O3S2/c1-2-15-5-11-19(12-6-15)32(29,30)27-13-3-4-16(14-27)21-25-26-22(31-21)20(28)24-18-9-7-17(23)8-10-18/h5-12,16H,2-4,13-14H2,1H3,(H,24,28)/t16-/m1/s1. The highest BCUT2D eigenvalue weighted by atomic mass is 32.2. The lowest BCUT2D eigenvalue weighted by Gasteiger charge is -2.30. The SMILES string of the molecule is CCc1ccc(S(=O)(=O)N2CCC[C@@H](c3nnc(C(=O)Nc4ccc(F)cc4)s3)C2)cc1. The van der Waals surface area contributed by atoms with Gasteiger partial charge in [-0.15, -0.1) is 10.2 Å². The monoisotopic (exact) mass is 474 g/mol. The molecule has 1 aliphatic rings. The van der Waals surface area contributed by atoms with E-state index in [-0.39, 0.29) is 21.6 Å². The third kappa shape index (κ3) is 4.87. The van der Waals surface area contributed by atoms with Gasteiger partial charge in [0.25, 0.3) is 5.91 Å². The van der Waals surface area contributed by atoms with Crippen molar-refractivity contribution in [3.8, 4) is 0 Å². The number of anilines is 1. The molecular weight excluding hydrogens is 451 g/mol. The number of hydrogen-bond donors (Lipinski definition) is 1. The first kappa shape index (κ1) is 22.5. The van der Waals surface area contributed by atoms with Crippen molar-refractivity contribution in [2.45, 2.75) is 37.0 Å². The number of carbonyl (C=O) groups is 1. The Morgan fingerprint density at radius 3 is 2.56 bits per heavy atom. The molecule has 1 N–H and O–H groups in total. The van der Waals surface area contributed by atoms with Gasteiger partial charge in [0.1, 0.15) is 10.8 Å². The third-order valence-corrected chi connectivity index (χ3v) is 8.40. The van der Waals surface area contributed by atoms with Gasteiger partial charge in [-0.2, -0.15) is 4.31 Å². The van der Waals surface area contributed by atoms with Crippen molar-refractivity contribution >= 4 is 33.0 Å². The minimum Gasteiger partial charge on any atom is -0.320 e. The molecule has 1 aliphatic heterocycles. The van der Waals surface area contributed by atoms with Crippen LogP contribution in [0.2, 0.25) is 0 Å². The first-order valence-electron chi connectivity index (χ1n) is 10.4. The predicted molar refractivity (Wildman–Crippen MR) is 121 cm³/mol. The molecule has 1 atom stereocenters. The van der Waals surface area contributed by atoms with E-state index >= 15 is 0 Å². The number of nitrogens with zero attached hydrogens (tertiary/aromatic N) is 3. The number of aromatic nitrogens is 2. The van der Waals surface area contributed by atoms with E-state index in [1.807, 2.05) is 19.1 Å². The second-order valence-electron chi connectivity index (χ2n) is 7.61. The zero-order chi connectivity index (χ0) is 22.7.